The average molecular weight is 271 g/mol. The normalized spacial score (nSPS) is 11.9. The van der Waals surface area contributed by atoms with Crippen LogP contribution in [0.5, 0.6) is 11.5 Å². The Morgan fingerprint density at radius 1 is 1.05 bits per heavy atom. The van der Waals surface area contributed by atoms with E-state index in [1.807, 2.05) is 31.3 Å². The summed E-state index contributed by atoms with van der Waals surface area (Å²) >= 11 is 0. The van der Waals surface area contributed by atoms with E-state index in [0.717, 1.165) is 11.5 Å². The molecule has 0 heterocycles. The van der Waals surface area contributed by atoms with Crippen molar-refractivity contribution >= 4 is 0 Å². The van der Waals surface area contributed by atoms with E-state index in [1.165, 1.54) is 11.1 Å². The Morgan fingerprint density at radius 3 is 2.40 bits per heavy atom. The maximum Gasteiger partial charge on any atom is 0.123 e. The first-order chi connectivity index (χ1) is 9.72. The minimum atomic E-state index is 0.168. The van der Waals surface area contributed by atoms with Crippen molar-refractivity contribution < 1.29 is 9.47 Å². The molecule has 0 aliphatic heterocycles. The molecule has 0 saturated heterocycles. The Kier molecular flexibility index (Phi) is 5.02. The third-order valence-electron chi connectivity index (χ3n) is 3.29. The maximum atomic E-state index is 5.84. The van der Waals surface area contributed by atoms with Crippen molar-refractivity contribution in [3.05, 3.63) is 59.7 Å². The largest absolute Gasteiger partial charge is 0.497 e. The summed E-state index contributed by atoms with van der Waals surface area (Å²) in [6, 6.07) is 16.3. The predicted molar refractivity (Wildman–Crippen MR) is 81.5 cm³/mol. The smallest absolute Gasteiger partial charge is 0.123 e. The molecule has 1 N–H and O–H groups in total. The highest BCUT2D eigenvalue weighted by Gasteiger charge is 2.10. The average Bonchev–Trinajstić information content (AvgIpc) is 2.50. The van der Waals surface area contributed by atoms with Gasteiger partial charge in [-0.3, -0.25) is 0 Å². The third kappa shape index (κ3) is 3.75. The second-order valence-corrected chi connectivity index (χ2v) is 4.74. The topological polar surface area (TPSA) is 30.5 Å². The summed E-state index contributed by atoms with van der Waals surface area (Å²) in [5.74, 6) is 1.62. The fourth-order valence-corrected chi connectivity index (χ4v) is 2.02. The van der Waals surface area contributed by atoms with Gasteiger partial charge in [-0.05, 0) is 31.7 Å². The van der Waals surface area contributed by atoms with Crippen LogP contribution in [0.15, 0.2) is 48.5 Å². The van der Waals surface area contributed by atoms with Crippen LogP contribution in [-0.2, 0) is 0 Å². The van der Waals surface area contributed by atoms with Crippen LogP contribution in [0.1, 0.15) is 17.2 Å². The Morgan fingerprint density at radius 2 is 1.75 bits per heavy atom. The van der Waals surface area contributed by atoms with Gasteiger partial charge in [0.1, 0.15) is 18.1 Å². The molecule has 0 bridgehead atoms. The van der Waals surface area contributed by atoms with Crippen LogP contribution in [0, 0.1) is 6.92 Å². The number of likely N-dealkylation sites (N-methyl/N-ethyl adjacent to an activating group) is 1. The lowest BCUT2D eigenvalue weighted by Gasteiger charge is -2.18. The zero-order valence-corrected chi connectivity index (χ0v) is 12.2. The summed E-state index contributed by atoms with van der Waals surface area (Å²) in [4.78, 5) is 0. The van der Waals surface area contributed by atoms with Crippen molar-refractivity contribution in [2.24, 2.45) is 0 Å². The highest BCUT2D eigenvalue weighted by atomic mass is 16.5. The van der Waals surface area contributed by atoms with E-state index >= 15 is 0 Å². The highest BCUT2D eigenvalue weighted by molar-refractivity contribution is 5.33. The molecular weight excluding hydrogens is 250 g/mol. The second kappa shape index (κ2) is 6.96. The van der Waals surface area contributed by atoms with E-state index in [2.05, 4.69) is 36.5 Å². The van der Waals surface area contributed by atoms with Crippen LogP contribution in [0.25, 0.3) is 0 Å². The Hall–Kier alpha value is -2.00. The van der Waals surface area contributed by atoms with Gasteiger partial charge < -0.3 is 14.8 Å². The van der Waals surface area contributed by atoms with Crippen molar-refractivity contribution in [1.29, 1.82) is 0 Å². The summed E-state index contributed by atoms with van der Waals surface area (Å²) in [5, 5.41) is 3.28. The molecule has 3 nitrogen and oxygen atoms in total. The first-order valence-corrected chi connectivity index (χ1v) is 6.73. The summed E-state index contributed by atoms with van der Waals surface area (Å²) in [7, 11) is 3.60. The zero-order chi connectivity index (χ0) is 14.4. The number of ether oxygens (including phenoxy) is 2. The first-order valence-electron chi connectivity index (χ1n) is 6.73. The fourth-order valence-electron chi connectivity index (χ4n) is 2.02. The van der Waals surface area contributed by atoms with Crippen LogP contribution in [0.4, 0.5) is 0 Å². The van der Waals surface area contributed by atoms with Gasteiger partial charge in [-0.2, -0.15) is 0 Å². The minimum absolute atomic E-state index is 0.168. The molecule has 1 atom stereocenters. The van der Waals surface area contributed by atoms with Crippen molar-refractivity contribution in [3.63, 3.8) is 0 Å². The van der Waals surface area contributed by atoms with Crippen molar-refractivity contribution in [3.8, 4) is 11.5 Å². The predicted octanol–water partition coefficient (Wildman–Crippen LogP) is 3.34. The number of methoxy groups -OCH3 is 1. The van der Waals surface area contributed by atoms with E-state index in [-0.39, 0.29) is 6.04 Å². The van der Waals surface area contributed by atoms with Crippen LogP contribution >= 0.6 is 0 Å². The lowest BCUT2D eigenvalue weighted by atomic mass is 10.1. The number of benzene rings is 2. The van der Waals surface area contributed by atoms with Gasteiger partial charge in [0.25, 0.3) is 0 Å². The lowest BCUT2D eigenvalue weighted by Crippen LogP contribution is -2.23. The molecular formula is C17H21NO2. The SMILES string of the molecule is CNC(COc1cccc(OC)c1)c1ccc(C)cc1. The fraction of sp³-hybridized carbons (Fsp3) is 0.294. The quantitative estimate of drug-likeness (QED) is 0.874. The molecule has 0 amide bonds. The highest BCUT2D eigenvalue weighted by Crippen LogP contribution is 2.21. The van der Waals surface area contributed by atoms with Gasteiger partial charge in [0.05, 0.1) is 13.2 Å². The van der Waals surface area contributed by atoms with Gasteiger partial charge in [-0.25, -0.2) is 0 Å². The van der Waals surface area contributed by atoms with Gasteiger partial charge in [0, 0.05) is 6.07 Å². The Bertz CT molecular complexity index is 537. The molecule has 3 heteroatoms. The molecule has 0 radical (unpaired) electrons. The van der Waals surface area contributed by atoms with Crippen molar-refractivity contribution in [2.45, 2.75) is 13.0 Å². The van der Waals surface area contributed by atoms with E-state index in [1.54, 1.807) is 7.11 Å². The molecule has 0 aliphatic rings. The van der Waals surface area contributed by atoms with Crippen molar-refractivity contribution in [1.82, 2.24) is 5.32 Å². The number of hydrogen-bond acceptors (Lipinski definition) is 3. The molecule has 0 fully saturated rings. The number of nitrogens with one attached hydrogen (secondary N) is 1. The molecule has 2 aromatic rings. The molecule has 2 aromatic carbocycles. The number of rotatable bonds is 6. The van der Waals surface area contributed by atoms with Gasteiger partial charge in [0.15, 0.2) is 0 Å². The van der Waals surface area contributed by atoms with Gasteiger partial charge in [-0.1, -0.05) is 35.9 Å². The molecule has 0 saturated carbocycles. The second-order valence-electron chi connectivity index (χ2n) is 4.74. The molecule has 2 rings (SSSR count). The number of aryl methyl sites for hydroxylation is 1. The monoisotopic (exact) mass is 271 g/mol. The molecule has 1 unspecified atom stereocenters. The first kappa shape index (κ1) is 14.4. The summed E-state index contributed by atoms with van der Waals surface area (Å²) in [5.41, 5.74) is 2.48. The molecule has 20 heavy (non-hydrogen) atoms. The molecule has 0 aliphatic carbocycles. The van der Waals surface area contributed by atoms with Gasteiger partial charge in [-0.15, -0.1) is 0 Å². The van der Waals surface area contributed by atoms with E-state index in [9.17, 15) is 0 Å². The van der Waals surface area contributed by atoms with E-state index in [0.29, 0.717) is 6.61 Å². The minimum Gasteiger partial charge on any atom is -0.497 e. The number of hydrogen-bond donors (Lipinski definition) is 1. The maximum absolute atomic E-state index is 5.84. The van der Waals surface area contributed by atoms with Crippen LogP contribution in [-0.4, -0.2) is 20.8 Å². The summed E-state index contributed by atoms with van der Waals surface area (Å²) in [6.45, 7) is 2.66. The van der Waals surface area contributed by atoms with Crippen LogP contribution in [0.3, 0.4) is 0 Å². The molecule has 106 valence electrons. The zero-order valence-electron chi connectivity index (χ0n) is 12.2. The van der Waals surface area contributed by atoms with E-state index < -0.39 is 0 Å². The third-order valence-corrected chi connectivity index (χ3v) is 3.29. The van der Waals surface area contributed by atoms with Gasteiger partial charge >= 0.3 is 0 Å². The van der Waals surface area contributed by atoms with Gasteiger partial charge in [0.2, 0.25) is 0 Å². The Labute approximate surface area is 120 Å². The standard InChI is InChI=1S/C17H21NO2/c1-13-7-9-14(10-8-13)17(18-2)12-20-16-6-4-5-15(11-16)19-3/h4-11,17-18H,12H2,1-3H3. The summed E-state index contributed by atoms with van der Waals surface area (Å²) < 4.78 is 11.0. The van der Waals surface area contributed by atoms with Crippen molar-refractivity contribution in [2.75, 3.05) is 20.8 Å². The van der Waals surface area contributed by atoms with Crippen LogP contribution in [0.2, 0.25) is 0 Å². The molecule has 0 spiro atoms. The van der Waals surface area contributed by atoms with E-state index in [4.69, 9.17) is 9.47 Å². The molecule has 0 aromatic heterocycles. The lowest BCUT2D eigenvalue weighted by molar-refractivity contribution is 0.271. The van der Waals surface area contributed by atoms with Crippen LogP contribution < -0.4 is 14.8 Å². The Balaban J connectivity index is 2.01. The summed E-state index contributed by atoms with van der Waals surface area (Å²) in [6.07, 6.45) is 0.